The van der Waals surface area contributed by atoms with Gasteiger partial charge >= 0.3 is 0 Å². The van der Waals surface area contributed by atoms with Crippen molar-refractivity contribution in [2.75, 3.05) is 19.7 Å². The van der Waals surface area contributed by atoms with Crippen LogP contribution < -0.4 is 0 Å². The van der Waals surface area contributed by atoms with E-state index < -0.39 is 11.5 Å². The van der Waals surface area contributed by atoms with Crippen LogP contribution in [0.2, 0.25) is 0 Å². The molecular weight excluding hydrogens is 280 g/mol. The number of likely N-dealkylation sites (tertiary alicyclic amines) is 1. The largest absolute Gasteiger partial charge is 0.396 e. The van der Waals surface area contributed by atoms with Crippen molar-refractivity contribution in [2.24, 2.45) is 5.41 Å². The average molecular weight is 302 g/mol. The summed E-state index contributed by atoms with van der Waals surface area (Å²) in [6.07, 6.45) is 1.38. The lowest BCUT2D eigenvalue weighted by atomic mass is 9.74. The second kappa shape index (κ2) is 6.91. The van der Waals surface area contributed by atoms with Crippen LogP contribution >= 0.6 is 0 Å². The second-order valence-corrected chi connectivity index (χ2v) is 5.99. The van der Waals surface area contributed by atoms with E-state index in [0.717, 1.165) is 6.42 Å². The highest BCUT2D eigenvalue weighted by Gasteiger charge is 2.43. The molecule has 5 nitrogen and oxygen atoms in total. The van der Waals surface area contributed by atoms with Gasteiger partial charge in [0.05, 0.1) is 24.3 Å². The standard InChI is InChI=1S/C17H22N2O3/c1-2-7-17(12-20)11-19(8-6-15(17)21)16(22)14-5-3-4-13(9-14)10-18/h3-5,9,15,20-21H,2,6-8,11-12H2,1H3/t15-,17-/m0/s1. The summed E-state index contributed by atoms with van der Waals surface area (Å²) >= 11 is 0. The van der Waals surface area contributed by atoms with Gasteiger partial charge in [0.15, 0.2) is 0 Å². The van der Waals surface area contributed by atoms with Crippen molar-refractivity contribution in [3.05, 3.63) is 35.4 Å². The number of nitriles is 1. The molecule has 5 heteroatoms. The zero-order valence-electron chi connectivity index (χ0n) is 12.8. The van der Waals surface area contributed by atoms with E-state index in [1.807, 2.05) is 13.0 Å². The van der Waals surface area contributed by atoms with Crippen LogP contribution in [-0.4, -0.2) is 46.8 Å². The Morgan fingerprint density at radius 1 is 1.55 bits per heavy atom. The third-order valence-electron chi connectivity index (χ3n) is 4.47. The van der Waals surface area contributed by atoms with E-state index in [1.165, 1.54) is 0 Å². The molecule has 0 unspecified atom stereocenters. The lowest BCUT2D eigenvalue weighted by molar-refractivity contribution is -0.0720. The van der Waals surface area contributed by atoms with Gasteiger partial charge in [-0.1, -0.05) is 19.4 Å². The highest BCUT2D eigenvalue weighted by molar-refractivity contribution is 5.94. The van der Waals surface area contributed by atoms with Crippen LogP contribution in [0, 0.1) is 16.7 Å². The summed E-state index contributed by atoms with van der Waals surface area (Å²) in [7, 11) is 0. The quantitative estimate of drug-likeness (QED) is 0.883. The Kier molecular flexibility index (Phi) is 5.17. The Hall–Kier alpha value is -1.90. The summed E-state index contributed by atoms with van der Waals surface area (Å²) in [5.74, 6) is -0.155. The van der Waals surface area contributed by atoms with Gasteiger partial charge in [-0.3, -0.25) is 4.79 Å². The number of carbonyl (C=O) groups excluding carboxylic acids is 1. The topological polar surface area (TPSA) is 84.6 Å². The van der Waals surface area contributed by atoms with E-state index in [2.05, 4.69) is 0 Å². The predicted molar refractivity (Wildman–Crippen MR) is 82.1 cm³/mol. The molecule has 1 amide bonds. The zero-order chi connectivity index (χ0) is 16.2. The molecule has 2 atom stereocenters. The van der Waals surface area contributed by atoms with Crippen LogP contribution in [0.1, 0.15) is 42.1 Å². The molecule has 0 aliphatic carbocycles. The molecule has 1 saturated heterocycles. The van der Waals surface area contributed by atoms with Crippen molar-refractivity contribution in [1.29, 1.82) is 5.26 Å². The van der Waals surface area contributed by atoms with Gasteiger partial charge in [-0.25, -0.2) is 0 Å². The molecule has 22 heavy (non-hydrogen) atoms. The summed E-state index contributed by atoms with van der Waals surface area (Å²) in [5.41, 5.74) is 0.277. The first-order chi connectivity index (χ1) is 10.6. The Bertz CT molecular complexity index is 582. The van der Waals surface area contributed by atoms with Crippen LogP contribution in [0.25, 0.3) is 0 Å². The first-order valence-corrected chi connectivity index (χ1v) is 7.64. The monoisotopic (exact) mass is 302 g/mol. The summed E-state index contributed by atoms with van der Waals surface area (Å²) in [4.78, 5) is 14.3. The van der Waals surface area contributed by atoms with Gasteiger partial charge < -0.3 is 15.1 Å². The van der Waals surface area contributed by atoms with E-state index in [0.29, 0.717) is 37.1 Å². The van der Waals surface area contributed by atoms with Gasteiger partial charge in [0.2, 0.25) is 0 Å². The predicted octanol–water partition coefficient (Wildman–Crippen LogP) is 1.54. The van der Waals surface area contributed by atoms with E-state index in [9.17, 15) is 15.0 Å². The van der Waals surface area contributed by atoms with Crippen molar-refractivity contribution >= 4 is 5.91 Å². The number of carbonyl (C=O) groups is 1. The van der Waals surface area contributed by atoms with Crippen molar-refractivity contribution in [3.63, 3.8) is 0 Å². The SMILES string of the molecule is CCC[C@@]1(CO)CN(C(=O)c2cccc(C#N)c2)CC[C@@H]1O. The molecule has 0 radical (unpaired) electrons. The summed E-state index contributed by atoms with van der Waals surface area (Å²) in [6.45, 7) is 2.67. The molecule has 2 N–H and O–H groups in total. The maximum Gasteiger partial charge on any atom is 0.253 e. The smallest absolute Gasteiger partial charge is 0.253 e. The van der Waals surface area contributed by atoms with E-state index in [-0.39, 0.29) is 12.5 Å². The summed E-state index contributed by atoms with van der Waals surface area (Å²) in [5, 5.41) is 29.0. The number of benzene rings is 1. The molecule has 0 aromatic heterocycles. The molecule has 118 valence electrons. The van der Waals surface area contributed by atoms with Gasteiger partial charge in [-0.2, -0.15) is 5.26 Å². The molecule has 0 saturated carbocycles. The fourth-order valence-corrected chi connectivity index (χ4v) is 3.20. The molecule has 1 aliphatic heterocycles. The van der Waals surface area contributed by atoms with Crippen molar-refractivity contribution < 1.29 is 15.0 Å². The molecule has 2 rings (SSSR count). The van der Waals surface area contributed by atoms with Crippen molar-refractivity contribution in [2.45, 2.75) is 32.3 Å². The highest BCUT2D eigenvalue weighted by Crippen LogP contribution is 2.35. The fraction of sp³-hybridized carbons (Fsp3) is 0.529. The number of nitrogens with zero attached hydrogens (tertiary/aromatic N) is 2. The fourth-order valence-electron chi connectivity index (χ4n) is 3.20. The van der Waals surface area contributed by atoms with Crippen LogP contribution in [0.4, 0.5) is 0 Å². The molecule has 1 aliphatic rings. The minimum Gasteiger partial charge on any atom is -0.396 e. The number of piperidine rings is 1. The van der Waals surface area contributed by atoms with Crippen LogP contribution in [-0.2, 0) is 0 Å². The lowest BCUT2D eigenvalue weighted by Crippen LogP contribution is -2.55. The second-order valence-electron chi connectivity index (χ2n) is 5.99. The Morgan fingerprint density at radius 2 is 2.32 bits per heavy atom. The number of hydrogen-bond acceptors (Lipinski definition) is 4. The molecule has 0 bridgehead atoms. The van der Waals surface area contributed by atoms with E-state index in [4.69, 9.17) is 5.26 Å². The number of aliphatic hydroxyl groups is 2. The van der Waals surface area contributed by atoms with E-state index in [1.54, 1.807) is 29.2 Å². The Labute approximate surface area is 130 Å². The summed E-state index contributed by atoms with van der Waals surface area (Å²) < 4.78 is 0. The third kappa shape index (κ3) is 3.13. The highest BCUT2D eigenvalue weighted by atomic mass is 16.3. The Balaban J connectivity index is 2.21. The molecule has 1 fully saturated rings. The van der Waals surface area contributed by atoms with Crippen LogP contribution in [0.3, 0.4) is 0 Å². The minimum absolute atomic E-state index is 0.135. The van der Waals surface area contributed by atoms with Crippen molar-refractivity contribution in [1.82, 2.24) is 4.90 Å². The third-order valence-corrected chi connectivity index (χ3v) is 4.47. The number of amides is 1. The maximum absolute atomic E-state index is 12.6. The molecule has 0 spiro atoms. The normalized spacial score (nSPS) is 24.8. The van der Waals surface area contributed by atoms with Gasteiger partial charge in [0, 0.05) is 24.1 Å². The number of aliphatic hydroxyl groups excluding tert-OH is 2. The first kappa shape index (κ1) is 16.5. The maximum atomic E-state index is 12.6. The molecule has 1 aromatic rings. The average Bonchev–Trinajstić information content (AvgIpc) is 2.56. The minimum atomic E-state index is -0.643. The zero-order valence-corrected chi connectivity index (χ0v) is 12.8. The molecular formula is C17H22N2O3. The molecule has 1 aromatic carbocycles. The molecule has 1 heterocycles. The Morgan fingerprint density at radius 3 is 2.95 bits per heavy atom. The van der Waals surface area contributed by atoms with Gasteiger partial charge in [0.25, 0.3) is 5.91 Å². The van der Waals surface area contributed by atoms with Crippen LogP contribution in [0.15, 0.2) is 24.3 Å². The van der Waals surface area contributed by atoms with Gasteiger partial charge in [-0.05, 0) is 31.0 Å². The van der Waals surface area contributed by atoms with E-state index >= 15 is 0 Å². The van der Waals surface area contributed by atoms with Gasteiger partial charge in [-0.15, -0.1) is 0 Å². The van der Waals surface area contributed by atoms with Gasteiger partial charge in [0.1, 0.15) is 0 Å². The summed E-state index contributed by atoms with van der Waals surface area (Å²) in [6, 6.07) is 8.64. The number of hydrogen-bond donors (Lipinski definition) is 2. The van der Waals surface area contributed by atoms with Crippen LogP contribution in [0.5, 0.6) is 0 Å². The first-order valence-electron chi connectivity index (χ1n) is 7.64. The lowest BCUT2D eigenvalue weighted by Gasteiger charge is -2.45. The number of rotatable bonds is 4. The van der Waals surface area contributed by atoms with Crippen molar-refractivity contribution in [3.8, 4) is 6.07 Å².